The molecule has 2 aliphatic heterocycles. The number of fused-ring (bicyclic) bond motifs is 1. The van der Waals surface area contributed by atoms with Crippen LogP contribution in [-0.4, -0.2) is 55.7 Å². The standard InChI is InChI=1S/C17H20N6O3/c1-2-26-16(25)22-7-4-17(10-22)5-8-23-14(24)9-13(20-15(23)21-17)12-3-6-18-11-19-12/h3,6,9,11H,2,4-5,7-8,10H2,1H3,(H,20,21). The Balaban J connectivity index is 1.62. The fourth-order valence-corrected chi connectivity index (χ4v) is 3.57. The van der Waals surface area contributed by atoms with E-state index < -0.39 is 0 Å². The monoisotopic (exact) mass is 356 g/mol. The second kappa shape index (κ2) is 6.40. The molecule has 1 spiro atoms. The predicted octanol–water partition coefficient (Wildman–Crippen LogP) is 1.12. The maximum absolute atomic E-state index is 12.5. The van der Waals surface area contributed by atoms with Gasteiger partial charge >= 0.3 is 6.09 Å². The topological polar surface area (TPSA) is 102 Å². The van der Waals surface area contributed by atoms with E-state index in [0.717, 1.165) is 12.8 Å². The molecular formula is C17H20N6O3. The van der Waals surface area contributed by atoms with Crippen LogP contribution in [-0.2, 0) is 11.3 Å². The summed E-state index contributed by atoms with van der Waals surface area (Å²) in [5.41, 5.74) is 0.706. The summed E-state index contributed by atoms with van der Waals surface area (Å²) in [6.07, 6.45) is 4.29. The van der Waals surface area contributed by atoms with Crippen molar-refractivity contribution in [3.8, 4) is 11.4 Å². The van der Waals surface area contributed by atoms with Gasteiger partial charge in [0.2, 0.25) is 5.95 Å². The minimum absolute atomic E-state index is 0.119. The largest absolute Gasteiger partial charge is 0.450 e. The van der Waals surface area contributed by atoms with Gasteiger partial charge in [-0.05, 0) is 25.8 Å². The fraction of sp³-hybridized carbons (Fsp3) is 0.471. The molecule has 9 nitrogen and oxygen atoms in total. The van der Waals surface area contributed by atoms with Gasteiger partial charge in [0.25, 0.3) is 5.56 Å². The molecule has 1 N–H and O–H groups in total. The molecule has 1 amide bonds. The van der Waals surface area contributed by atoms with Crippen LogP contribution in [0.15, 0.2) is 29.5 Å². The summed E-state index contributed by atoms with van der Waals surface area (Å²) in [6.45, 7) is 3.89. The van der Waals surface area contributed by atoms with Crippen molar-refractivity contribution in [2.24, 2.45) is 0 Å². The van der Waals surface area contributed by atoms with E-state index >= 15 is 0 Å². The molecule has 0 aliphatic carbocycles. The first kappa shape index (κ1) is 16.5. The predicted molar refractivity (Wildman–Crippen MR) is 93.7 cm³/mol. The average Bonchev–Trinajstić information content (AvgIpc) is 3.06. The number of likely N-dealkylation sites (tertiary alicyclic amines) is 1. The zero-order valence-electron chi connectivity index (χ0n) is 14.5. The van der Waals surface area contributed by atoms with Crippen molar-refractivity contribution in [2.45, 2.75) is 31.8 Å². The van der Waals surface area contributed by atoms with Gasteiger partial charge in [0.1, 0.15) is 6.33 Å². The molecule has 136 valence electrons. The number of rotatable bonds is 2. The van der Waals surface area contributed by atoms with Crippen LogP contribution in [0.5, 0.6) is 0 Å². The third-order valence-electron chi connectivity index (χ3n) is 4.92. The molecule has 1 atom stereocenters. The van der Waals surface area contributed by atoms with Crippen LogP contribution in [0.4, 0.5) is 10.7 Å². The van der Waals surface area contributed by atoms with E-state index in [-0.39, 0.29) is 17.2 Å². The zero-order chi connectivity index (χ0) is 18.1. The molecule has 0 radical (unpaired) electrons. The third kappa shape index (κ3) is 2.89. The zero-order valence-corrected chi connectivity index (χ0v) is 14.5. The first-order valence-electron chi connectivity index (χ1n) is 8.68. The van der Waals surface area contributed by atoms with Crippen molar-refractivity contribution < 1.29 is 9.53 Å². The summed E-state index contributed by atoms with van der Waals surface area (Å²) in [5.74, 6) is 0.517. The van der Waals surface area contributed by atoms with E-state index in [9.17, 15) is 9.59 Å². The van der Waals surface area contributed by atoms with Gasteiger partial charge in [-0.15, -0.1) is 0 Å². The molecule has 9 heteroatoms. The number of hydrogen-bond acceptors (Lipinski definition) is 7. The highest BCUT2D eigenvalue weighted by Crippen LogP contribution is 2.33. The molecule has 26 heavy (non-hydrogen) atoms. The van der Waals surface area contributed by atoms with E-state index in [1.807, 2.05) is 0 Å². The number of amides is 1. The van der Waals surface area contributed by atoms with Crippen LogP contribution in [0.3, 0.4) is 0 Å². The average molecular weight is 356 g/mol. The third-order valence-corrected chi connectivity index (χ3v) is 4.92. The van der Waals surface area contributed by atoms with Crippen molar-refractivity contribution in [1.82, 2.24) is 24.4 Å². The Morgan fingerprint density at radius 3 is 2.96 bits per heavy atom. The first-order chi connectivity index (χ1) is 12.6. The van der Waals surface area contributed by atoms with Crippen LogP contribution in [0.2, 0.25) is 0 Å². The maximum Gasteiger partial charge on any atom is 0.409 e. The summed E-state index contributed by atoms with van der Waals surface area (Å²) in [4.78, 5) is 38.8. The summed E-state index contributed by atoms with van der Waals surface area (Å²) in [6, 6.07) is 3.21. The highest BCUT2D eigenvalue weighted by molar-refractivity contribution is 5.68. The lowest BCUT2D eigenvalue weighted by atomic mass is 9.93. The normalized spacial score (nSPS) is 21.3. The van der Waals surface area contributed by atoms with Crippen LogP contribution in [0.25, 0.3) is 11.4 Å². The SMILES string of the molecule is CCOC(=O)N1CCC2(CCn3c(nc(-c4ccncn4)cc3=O)N2)C1. The molecule has 2 aromatic heterocycles. The Morgan fingerprint density at radius 1 is 1.35 bits per heavy atom. The van der Waals surface area contributed by atoms with Gasteiger partial charge in [0.15, 0.2) is 0 Å². The minimum Gasteiger partial charge on any atom is -0.450 e. The van der Waals surface area contributed by atoms with Gasteiger partial charge in [0, 0.05) is 31.9 Å². The van der Waals surface area contributed by atoms with Gasteiger partial charge in [0.05, 0.1) is 23.5 Å². The van der Waals surface area contributed by atoms with Crippen molar-refractivity contribution in [2.75, 3.05) is 25.0 Å². The van der Waals surface area contributed by atoms with E-state index in [0.29, 0.717) is 43.6 Å². The number of hydrogen-bond donors (Lipinski definition) is 1. The van der Waals surface area contributed by atoms with Crippen molar-refractivity contribution in [3.05, 3.63) is 35.0 Å². The smallest absolute Gasteiger partial charge is 0.409 e. The molecule has 1 unspecified atom stereocenters. The number of carbonyl (C=O) groups excluding carboxylic acids is 1. The lowest BCUT2D eigenvalue weighted by Crippen LogP contribution is -2.49. The Labute approximate surface area is 150 Å². The van der Waals surface area contributed by atoms with Gasteiger partial charge in [-0.25, -0.2) is 19.7 Å². The lowest BCUT2D eigenvalue weighted by Gasteiger charge is -2.36. The number of nitrogens with zero attached hydrogens (tertiary/aromatic N) is 5. The number of ether oxygens (including phenoxy) is 1. The Morgan fingerprint density at radius 2 is 2.19 bits per heavy atom. The Hall–Kier alpha value is -2.97. The summed E-state index contributed by atoms with van der Waals surface area (Å²) < 4.78 is 6.73. The number of nitrogens with one attached hydrogen (secondary N) is 1. The highest BCUT2D eigenvalue weighted by atomic mass is 16.6. The number of carbonyl (C=O) groups is 1. The summed E-state index contributed by atoms with van der Waals surface area (Å²) in [7, 11) is 0. The molecule has 4 rings (SSSR count). The second-order valence-corrected chi connectivity index (χ2v) is 6.58. The van der Waals surface area contributed by atoms with Crippen molar-refractivity contribution in [1.29, 1.82) is 0 Å². The van der Waals surface area contributed by atoms with E-state index in [1.165, 1.54) is 12.4 Å². The van der Waals surface area contributed by atoms with Crippen molar-refractivity contribution >= 4 is 12.0 Å². The fourth-order valence-electron chi connectivity index (χ4n) is 3.57. The molecule has 2 aromatic rings. The minimum atomic E-state index is -0.295. The summed E-state index contributed by atoms with van der Waals surface area (Å²) >= 11 is 0. The molecule has 2 aliphatic rings. The molecular weight excluding hydrogens is 336 g/mol. The van der Waals surface area contributed by atoms with E-state index in [4.69, 9.17) is 4.74 Å². The van der Waals surface area contributed by atoms with Gasteiger partial charge in [-0.2, -0.15) is 0 Å². The second-order valence-electron chi connectivity index (χ2n) is 6.58. The van der Waals surface area contributed by atoms with Crippen LogP contribution in [0, 0.1) is 0 Å². The Bertz CT molecular complexity index is 884. The van der Waals surface area contributed by atoms with E-state index in [2.05, 4.69) is 20.3 Å². The first-order valence-corrected chi connectivity index (χ1v) is 8.68. The van der Waals surface area contributed by atoms with Gasteiger partial charge in [-0.3, -0.25) is 9.36 Å². The van der Waals surface area contributed by atoms with Crippen LogP contribution in [0.1, 0.15) is 19.8 Å². The number of anilines is 1. The highest BCUT2D eigenvalue weighted by Gasteiger charge is 2.43. The summed E-state index contributed by atoms with van der Waals surface area (Å²) in [5, 5.41) is 3.41. The number of aromatic nitrogens is 4. The Kier molecular flexibility index (Phi) is 4.06. The molecule has 0 saturated carbocycles. The van der Waals surface area contributed by atoms with Gasteiger partial charge < -0.3 is 15.0 Å². The van der Waals surface area contributed by atoms with Crippen molar-refractivity contribution in [3.63, 3.8) is 0 Å². The van der Waals surface area contributed by atoms with Gasteiger partial charge in [-0.1, -0.05) is 0 Å². The van der Waals surface area contributed by atoms with Crippen LogP contribution >= 0.6 is 0 Å². The van der Waals surface area contributed by atoms with Crippen LogP contribution < -0.4 is 10.9 Å². The molecule has 4 heterocycles. The molecule has 1 fully saturated rings. The molecule has 0 aromatic carbocycles. The quantitative estimate of drug-likeness (QED) is 0.860. The van der Waals surface area contributed by atoms with E-state index in [1.54, 1.807) is 28.7 Å². The molecule has 0 bridgehead atoms. The molecule has 1 saturated heterocycles. The maximum atomic E-state index is 12.5. The lowest BCUT2D eigenvalue weighted by molar-refractivity contribution is 0.113.